The monoisotopic (exact) mass is 313 g/mol. The minimum absolute atomic E-state index is 0.168. The number of aliphatic hydroxyl groups excluding tert-OH is 1. The lowest BCUT2D eigenvalue weighted by molar-refractivity contribution is 0.239. The van der Waals surface area contributed by atoms with E-state index >= 15 is 0 Å². The fourth-order valence-corrected chi connectivity index (χ4v) is 2.97. The van der Waals surface area contributed by atoms with Crippen molar-refractivity contribution in [3.8, 4) is 0 Å². The minimum atomic E-state index is 0.168. The maximum Gasteiger partial charge on any atom is 0.134 e. The summed E-state index contributed by atoms with van der Waals surface area (Å²) in [6.45, 7) is 1.91. The lowest BCUT2D eigenvalue weighted by Crippen LogP contribution is -2.42. The van der Waals surface area contributed by atoms with Crippen LogP contribution in [0.5, 0.6) is 0 Å². The number of rotatable bonds is 6. The third kappa shape index (κ3) is 4.16. The Bertz CT molecular complexity index is 607. The van der Waals surface area contributed by atoms with Crippen LogP contribution in [0.25, 0.3) is 0 Å². The third-order valence-electron chi connectivity index (χ3n) is 4.23. The molecule has 1 aliphatic rings. The second-order valence-corrected chi connectivity index (χ2v) is 5.83. The number of hydrogen-bond donors (Lipinski definition) is 2. The number of hydrogen-bond acceptors (Lipinski definition) is 6. The van der Waals surface area contributed by atoms with Gasteiger partial charge < -0.3 is 15.3 Å². The van der Waals surface area contributed by atoms with Gasteiger partial charge >= 0.3 is 0 Å². The molecular formula is C17H23N5O. The van der Waals surface area contributed by atoms with Crippen LogP contribution in [0, 0.1) is 0 Å². The average molecular weight is 313 g/mol. The molecule has 3 heterocycles. The molecule has 0 aliphatic carbocycles. The molecule has 0 amide bonds. The highest BCUT2D eigenvalue weighted by Gasteiger charge is 2.23. The zero-order chi connectivity index (χ0) is 15.9. The van der Waals surface area contributed by atoms with E-state index in [1.54, 1.807) is 12.5 Å². The molecule has 6 nitrogen and oxygen atoms in total. The van der Waals surface area contributed by atoms with Crippen LogP contribution in [0.4, 0.5) is 11.6 Å². The summed E-state index contributed by atoms with van der Waals surface area (Å²) >= 11 is 0. The van der Waals surface area contributed by atoms with Crippen molar-refractivity contribution in [1.29, 1.82) is 0 Å². The molecule has 122 valence electrons. The van der Waals surface area contributed by atoms with Crippen molar-refractivity contribution in [2.45, 2.75) is 31.7 Å². The van der Waals surface area contributed by atoms with E-state index in [0.717, 1.165) is 44.0 Å². The van der Waals surface area contributed by atoms with Gasteiger partial charge in [0.2, 0.25) is 0 Å². The van der Waals surface area contributed by atoms with Crippen molar-refractivity contribution in [2.75, 3.05) is 29.9 Å². The van der Waals surface area contributed by atoms with E-state index in [1.807, 2.05) is 18.3 Å². The molecule has 0 spiro atoms. The number of anilines is 2. The molecule has 0 bridgehead atoms. The maximum atomic E-state index is 9.55. The third-order valence-corrected chi connectivity index (χ3v) is 4.23. The number of nitrogens with one attached hydrogen (secondary N) is 1. The van der Waals surface area contributed by atoms with Gasteiger partial charge in [0.1, 0.15) is 18.0 Å². The fourth-order valence-electron chi connectivity index (χ4n) is 2.97. The van der Waals surface area contributed by atoms with Crippen molar-refractivity contribution < 1.29 is 5.11 Å². The van der Waals surface area contributed by atoms with Crippen LogP contribution in [0.1, 0.15) is 24.8 Å². The molecule has 3 rings (SSSR count). The van der Waals surface area contributed by atoms with Crippen molar-refractivity contribution in [3.63, 3.8) is 0 Å². The summed E-state index contributed by atoms with van der Waals surface area (Å²) < 4.78 is 0. The molecule has 1 fully saturated rings. The van der Waals surface area contributed by atoms with Crippen molar-refractivity contribution >= 4 is 11.6 Å². The Labute approximate surface area is 136 Å². The maximum absolute atomic E-state index is 9.55. The second kappa shape index (κ2) is 7.87. The van der Waals surface area contributed by atoms with Gasteiger partial charge in [0.05, 0.1) is 12.6 Å². The molecule has 2 aromatic rings. The predicted molar refractivity (Wildman–Crippen MR) is 90.5 cm³/mol. The second-order valence-electron chi connectivity index (χ2n) is 5.83. The molecule has 1 unspecified atom stereocenters. The molecule has 0 aromatic carbocycles. The van der Waals surface area contributed by atoms with Gasteiger partial charge in [0.25, 0.3) is 0 Å². The first-order valence-electron chi connectivity index (χ1n) is 8.19. The Morgan fingerprint density at radius 1 is 1.30 bits per heavy atom. The Hall–Kier alpha value is -2.21. The van der Waals surface area contributed by atoms with E-state index in [0.29, 0.717) is 0 Å². The normalized spacial score (nSPS) is 18.0. The first-order valence-corrected chi connectivity index (χ1v) is 8.19. The molecule has 0 saturated carbocycles. The molecular weight excluding hydrogens is 290 g/mol. The van der Waals surface area contributed by atoms with Gasteiger partial charge in [-0.15, -0.1) is 0 Å². The van der Waals surface area contributed by atoms with Gasteiger partial charge in [0.15, 0.2) is 0 Å². The first-order chi connectivity index (χ1) is 11.4. The molecule has 6 heteroatoms. The van der Waals surface area contributed by atoms with Crippen LogP contribution in [-0.2, 0) is 6.42 Å². The lowest BCUT2D eigenvalue weighted by atomic mass is 10.0. The van der Waals surface area contributed by atoms with Crippen molar-refractivity contribution in [2.24, 2.45) is 0 Å². The van der Waals surface area contributed by atoms with E-state index < -0.39 is 0 Å². The van der Waals surface area contributed by atoms with Gasteiger partial charge in [-0.1, -0.05) is 6.07 Å². The molecule has 1 aliphatic heterocycles. The van der Waals surface area contributed by atoms with Crippen LogP contribution in [0.3, 0.4) is 0 Å². The Morgan fingerprint density at radius 2 is 2.26 bits per heavy atom. The van der Waals surface area contributed by atoms with Crippen molar-refractivity contribution in [1.82, 2.24) is 15.0 Å². The van der Waals surface area contributed by atoms with Crippen molar-refractivity contribution in [3.05, 3.63) is 42.5 Å². The van der Waals surface area contributed by atoms with Crippen LogP contribution >= 0.6 is 0 Å². The summed E-state index contributed by atoms with van der Waals surface area (Å²) in [5.74, 6) is 1.71. The van der Waals surface area contributed by atoms with Crippen LogP contribution < -0.4 is 10.2 Å². The van der Waals surface area contributed by atoms with Gasteiger partial charge in [-0.05, 0) is 37.3 Å². The highest BCUT2D eigenvalue weighted by atomic mass is 16.3. The quantitative estimate of drug-likeness (QED) is 0.848. The standard InChI is InChI=1S/C17H23N5O/c23-12-15-5-1-2-9-22(15)17-10-16(20-13-21-17)19-8-6-14-4-3-7-18-11-14/h3-4,7,10-11,13,15,23H,1-2,5-6,8-9,12H2,(H,19,20,21). The van der Waals surface area contributed by atoms with Crippen LogP contribution in [-0.4, -0.2) is 45.8 Å². The van der Waals surface area contributed by atoms with Gasteiger partial charge in [-0.2, -0.15) is 0 Å². The molecule has 1 atom stereocenters. The van der Waals surface area contributed by atoms with Gasteiger partial charge in [0, 0.05) is 31.5 Å². The summed E-state index contributed by atoms with van der Waals surface area (Å²) in [7, 11) is 0. The summed E-state index contributed by atoms with van der Waals surface area (Å²) in [6.07, 6.45) is 9.48. The fraction of sp³-hybridized carbons (Fsp3) is 0.471. The Kier molecular flexibility index (Phi) is 5.37. The van der Waals surface area contributed by atoms with E-state index in [1.165, 1.54) is 12.0 Å². The predicted octanol–water partition coefficient (Wildman–Crippen LogP) is 1.88. The number of piperidine rings is 1. The lowest BCUT2D eigenvalue weighted by Gasteiger charge is -2.35. The van der Waals surface area contributed by atoms with Crippen LogP contribution in [0.15, 0.2) is 36.9 Å². The number of aliphatic hydroxyl groups is 1. The zero-order valence-corrected chi connectivity index (χ0v) is 13.2. The summed E-state index contributed by atoms with van der Waals surface area (Å²) in [4.78, 5) is 15.0. The van der Waals surface area contributed by atoms with Crippen LogP contribution in [0.2, 0.25) is 0 Å². The Morgan fingerprint density at radius 3 is 3.09 bits per heavy atom. The number of nitrogens with zero attached hydrogens (tertiary/aromatic N) is 4. The number of aromatic nitrogens is 3. The topological polar surface area (TPSA) is 74.2 Å². The minimum Gasteiger partial charge on any atom is -0.394 e. The smallest absolute Gasteiger partial charge is 0.134 e. The summed E-state index contributed by atoms with van der Waals surface area (Å²) in [5.41, 5.74) is 1.20. The molecule has 1 saturated heterocycles. The summed E-state index contributed by atoms with van der Waals surface area (Å²) in [5, 5.41) is 12.9. The first kappa shape index (κ1) is 15.7. The average Bonchev–Trinajstić information content (AvgIpc) is 2.63. The highest BCUT2D eigenvalue weighted by Crippen LogP contribution is 2.23. The molecule has 2 aromatic heterocycles. The molecule has 2 N–H and O–H groups in total. The van der Waals surface area contributed by atoms with E-state index in [-0.39, 0.29) is 12.6 Å². The van der Waals surface area contributed by atoms with Gasteiger partial charge in [-0.3, -0.25) is 4.98 Å². The highest BCUT2D eigenvalue weighted by molar-refractivity contribution is 5.49. The SMILES string of the molecule is OCC1CCCCN1c1cc(NCCc2cccnc2)ncn1. The zero-order valence-electron chi connectivity index (χ0n) is 13.2. The Balaban J connectivity index is 1.60. The summed E-state index contributed by atoms with van der Waals surface area (Å²) in [6, 6.07) is 6.15. The van der Waals surface area contributed by atoms with E-state index in [2.05, 4.69) is 31.2 Å². The van der Waals surface area contributed by atoms with Gasteiger partial charge in [-0.25, -0.2) is 9.97 Å². The van der Waals surface area contributed by atoms with E-state index in [4.69, 9.17) is 0 Å². The number of pyridine rings is 1. The van der Waals surface area contributed by atoms with E-state index in [9.17, 15) is 5.11 Å². The molecule has 23 heavy (non-hydrogen) atoms. The largest absolute Gasteiger partial charge is 0.394 e. The molecule has 0 radical (unpaired) electrons.